The largest absolute Gasteiger partial charge is 0.370 e. The van der Waals surface area contributed by atoms with Crippen molar-refractivity contribution in [1.29, 1.82) is 0 Å². The first-order valence-corrected chi connectivity index (χ1v) is 4.67. The highest BCUT2D eigenvalue weighted by atomic mass is 16.5. The van der Waals surface area contributed by atoms with Crippen molar-refractivity contribution >= 4 is 11.9 Å². The summed E-state index contributed by atoms with van der Waals surface area (Å²) in [6, 6.07) is 0. The third kappa shape index (κ3) is 3.55. The van der Waals surface area contributed by atoms with Gasteiger partial charge in [0, 0.05) is 20.0 Å². The zero-order chi connectivity index (χ0) is 11.3. The summed E-state index contributed by atoms with van der Waals surface area (Å²) in [4.78, 5) is 15.4. The Balaban J connectivity index is 0.000000245. The minimum Gasteiger partial charge on any atom is -0.370 e. The van der Waals surface area contributed by atoms with Gasteiger partial charge in [-0.2, -0.15) is 4.98 Å². The molecular weight excluding hydrogens is 198 g/mol. The van der Waals surface area contributed by atoms with Crippen LogP contribution < -0.4 is 16.4 Å². The highest BCUT2D eigenvalue weighted by molar-refractivity contribution is 5.70. The molecule has 2 rings (SSSR count). The lowest BCUT2D eigenvalue weighted by Gasteiger charge is -2.28. The van der Waals surface area contributed by atoms with Gasteiger partial charge in [-0.25, -0.2) is 0 Å². The molecule has 0 unspecified atom stereocenters. The SMILES string of the molecule is CC(N)=O.NCc1nc(N2CCC2)no1. The predicted octanol–water partition coefficient (Wildman–Crippen LogP) is -0.770. The summed E-state index contributed by atoms with van der Waals surface area (Å²) < 4.78 is 4.84. The Morgan fingerprint density at radius 3 is 2.53 bits per heavy atom. The Bertz CT molecular complexity index is 317. The lowest BCUT2D eigenvalue weighted by Crippen LogP contribution is -2.37. The van der Waals surface area contributed by atoms with Gasteiger partial charge in [0.1, 0.15) is 0 Å². The van der Waals surface area contributed by atoms with E-state index in [2.05, 4.69) is 20.8 Å². The fourth-order valence-corrected chi connectivity index (χ4v) is 0.973. The molecule has 2 heterocycles. The third-order valence-electron chi connectivity index (χ3n) is 1.77. The van der Waals surface area contributed by atoms with Crippen LogP contribution in [0.15, 0.2) is 4.52 Å². The molecule has 0 bridgehead atoms. The standard InChI is InChI=1S/C6H10N4O.C2H5NO/c7-4-5-8-6(9-11-5)10-2-1-3-10;1-2(3)4/h1-4,7H2;1H3,(H2,3,4). The zero-order valence-electron chi connectivity index (χ0n) is 8.64. The number of aromatic nitrogens is 2. The second kappa shape index (κ2) is 5.30. The number of primary amides is 1. The molecule has 1 aliphatic heterocycles. The summed E-state index contributed by atoms with van der Waals surface area (Å²) in [6.45, 7) is 3.69. The number of carbonyl (C=O) groups excluding carboxylic acids is 1. The molecule has 1 aromatic rings. The number of amides is 1. The Morgan fingerprint density at radius 2 is 2.20 bits per heavy atom. The number of anilines is 1. The summed E-state index contributed by atoms with van der Waals surface area (Å²) in [7, 11) is 0. The average molecular weight is 213 g/mol. The van der Waals surface area contributed by atoms with E-state index < -0.39 is 0 Å². The van der Waals surface area contributed by atoms with Crippen molar-refractivity contribution in [1.82, 2.24) is 10.1 Å². The monoisotopic (exact) mass is 213 g/mol. The summed E-state index contributed by atoms with van der Waals surface area (Å²) in [5, 5.41) is 3.77. The summed E-state index contributed by atoms with van der Waals surface area (Å²) >= 11 is 0. The average Bonchev–Trinajstić information content (AvgIpc) is 2.48. The normalized spacial score (nSPS) is 13.9. The Labute approximate surface area is 87.4 Å². The van der Waals surface area contributed by atoms with Crippen molar-refractivity contribution in [3.05, 3.63) is 5.89 Å². The number of hydrogen-bond acceptors (Lipinski definition) is 6. The van der Waals surface area contributed by atoms with Crippen LogP contribution in [-0.2, 0) is 11.3 Å². The van der Waals surface area contributed by atoms with Crippen LogP contribution >= 0.6 is 0 Å². The molecule has 0 saturated carbocycles. The Kier molecular flexibility index (Phi) is 4.04. The fourth-order valence-electron chi connectivity index (χ4n) is 0.973. The first-order valence-electron chi connectivity index (χ1n) is 4.67. The van der Waals surface area contributed by atoms with Gasteiger partial charge in [-0.05, 0) is 11.6 Å². The number of nitrogens with zero attached hydrogens (tertiary/aromatic N) is 3. The van der Waals surface area contributed by atoms with Crippen LogP contribution in [0.25, 0.3) is 0 Å². The van der Waals surface area contributed by atoms with E-state index in [1.54, 1.807) is 0 Å². The van der Waals surface area contributed by atoms with Crippen molar-refractivity contribution in [2.24, 2.45) is 11.5 Å². The molecule has 1 fully saturated rings. The third-order valence-corrected chi connectivity index (χ3v) is 1.77. The Hall–Kier alpha value is -1.63. The highest BCUT2D eigenvalue weighted by Gasteiger charge is 2.19. The maximum absolute atomic E-state index is 9.22. The quantitative estimate of drug-likeness (QED) is 0.667. The highest BCUT2D eigenvalue weighted by Crippen LogP contribution is 2.15. The van der Waals surface area contributed by atoms with E-state index in [4.69, 9.17) is 10.3 Å². The van der Waals surface area contributed by atoms with Gasteiger partial charge in [-0.3, -0.25) is 4.79 Å². The minimum absolute atomic E-state index is 0.320. The predicted molar refractivity (Wildman–Crippen MR) is 53.9 cm³/mol. The van der Waals surface area contributed by atoms with Crippen LogP contribution in [0.2, 0.25) is 0 Å². The van der Waals surface area contributed by atoms with Crippen LogP contribution in [0.5, 0.6) is 0 Å². The molecule has 15 heavy (non-hydrogen) atoms. The van der Waals surface area contributed by atoms with Gasteiger partial charge in [0.2, 0.25) is 11.8 Å². The molecule has 1 saturated heterocycles. The molecule has 1 aromatic heterocycles. The van der Waals surface area contributed by atoms with Crippen molar-refractivity contribution in [2.75, 3.05) is 18.0 Å². The van der Waals surface area contributed by atoms with Crippen LogP contribution in [0.4, 0.5) is 5.95 Å². The van der Waals surface area contributed by atoms with E-state index in [1.807, 2.05) is 0 Å². The van der Waals surface area contributed by atoms with Gasteiger partial charge in [0.15, 0.2) is 0 Å². The summed E-state index contributed by atoms with van der Waals surface area (Å²) in [5.74, 6) is 0.851. The van der Waals surface area contributed by atoms with Crippen LogP contribution in [0, 0.1) is 0 Å². The van der Waals surface area contributed by atoms with Crippen LogP contribution in [-0.4, -0.2) is 29.1 Å². The van der Waals surface area contributed by atoms with Gasteiger partial charge >= 0.3 is 0 Å². The first kappa shape index (κ1) is 11.4. The van der Waals surface area contributed by atoms with E-state index >= 15 is 0 Å². The van der Waals surface area contributed by atoms with E-state index in [9.17, 15) is 4.79 Å². The summed E-state index contributed by atoms with van der Waals surface area (Å²) in [5.41, 5.74) is 9.78. The van der Waals surface area contributed by atoms with Gasteiger partial charge in [-0.1, -0.05) is 0 Å². The van der Waals surface area contributed by atoms with Gasteiger partial charge < -0.3 is 20.9 Å². The Morgan fingerprint density at radius 1 is 1.60 bits per heavy atom. The van der Waals surface area contributed by atoms with Crippen molar-refractivity contribution in [2.45, 2.75) is 19.9 Å². The van der Waals surface area contributed by atoms with E-state index in [-0.39, 0.29) is 5.91 Å². The molecular formula is C8H15N5O2. The number of nitrogens with two attached hydrogens (primary N) is 2. The van der Waals surface area contributed by atoms with Gasteiger partial charge in [0.05, 0.1) is 6.54 Å². The molecule has 7 heteroatoms. The number of hydrogen-bond donors (Lipinski definition) is 2. The van der Waals surface area contributed by atoms with Crippen molar-refractivity contribution in [3.63, 3.8) is 0 Å². The molecule has 0 aliphatic carbocycles. The second-order valence-electron chi connectivity index (χ2n) is 3.14. The van der Waals surface area contributed by atoms with Crippen molar-refractivity contribution in [3.8, 4) is 0 Å². The van der Waals surface area contributed by atoms with Gasteiger partial charge in [0.25, 0.3) is 5.95 Å². The first-order chi connectivity index (χ1) is 7.13. The van der Waals surface area contributed by atoms with Crippen LogP contribution in [0.1, 0.15) is 19.2 Å². The van der Waals surface area contributed by atoms with E-state index in [0.29, 0.717) is 18.4 Å². The maximum Gasteiger partial charge on any atom is 0.266 e. The molecule has 1 aliphatic rings. The summed E-state index contributed by atoms with van der Waals surface area (Å²) in [6.07, 6.45) is 1.21. The smallest absolute Gasteiger partial charge is 0.266 e. The molecule has 0 atom stereocenters. The zero-order valence-corrected chi connectivity index (χ0v) is 8.64. The lowest BCUT2D eigenvalue weighted by atomic mass is 10.2. The van der Waals surface area contributed by atoms with E-state index in [1.165, 1.54) is 13.3 Å². The molecule has 1 amide bonds. The molecule has 4 N–H and O–H groups in total. The minimum atomic E-state index is -0.333. The maximum atomic E-state index is 9.22. The van der Waals surface area contributed by atoms with Crippen molar-refractivity contribution < 1.29 is 9.32 Å². The molecule has 0 spiro atoms. The lowest BCUT2D eigenvalue weighted by molar-refractivity contribution is -0.115. The molecule has 0 aromatic carbocycles. The molecule has 0 radical (unpaired) electrons. The van der Waals surface area contributed by atoms with E-state index in [0.717, 1.165) is 13.1 Å². The second-order valence-corrected chi connectivity index (χ2v) is 3.14. The van der Waals surface area contributed by atoms with Crippen LogP contribution in [0.3, 0.4) is 0 Å². The molecule has 7 nitrogen and oxygen atoms in total. The number of rotatable bonds is 2. The van der Waals surface area contributed by atoms with Gasteiger partial charge in [-0.15, -0.1) is 0 Å². The fraction of sp³-hybridized carbons (Fsp3) is 0.625. The number of carbonyl (C=O) groups is 1. The molecule has 84 valence electrons. The topological polar surface area (TPSA) is 111 Å².